The molecule has 0 unspecified atom stereocenters. The highest BCUT2D eigenvalue weighted by Crippen LogP contribution is 2.12. The standard InChI is InChI=1S/C13H20/c1-11(2)7-9-13(5,6)10-8-12(3)4/h11-12H,1-6H3. The molecule has 0 aliphatic heterocycles. The van der Waals surface area contributed by atoms with E-state index in [1.54, 1.807) is 0 Å². The van der Waals surface area contributed by atoms with Crippen LogP contribution in [0.4, 0.5) is 0 Å². The van der Waals surface area contributed by atoms with Gasteiger partial charge < -0.3 is 0 Å². The quantitative estimate of drug-likeness (QED) is 0.497. The third-order valence-corrected chi connectivity index (χ3v) is 1.35. The van der Waals surface area contributed by atoms with Crippen molar-refractivity contribution in [3.8, 4) is 23.7 Å². The van der Waals surface area contributed by atoms with Crippen LogP contribution in [0.15, 0.2) is 0 Å². The molecule has 0 aliphatic carbocycles. The Hall–Kier alpha value is -0.880. The van der Waals surface area contributed by atoms with Gasteiger partial charge in [-0.2, -0.15) is 0 Å². The summed E-state index contributed by atoms with van der Waals surface area (Å²) in [5.74, 6) is 13.6. The summed E-state index contributed by atoms with van der Waals surface area (Å²) in [6.07, 6.45) is 0. The van der Waals surface area contributed by atoms with Crippen molar-refractivity contribution in [2.75, 3.05) is 0 Å². The van der Waals surface area contributed by atoms with E-state index in [1.165, 1.54) is 0 Å². The lowest BCUT2D eigenvalue weighted by Gasteiger charge is -2.08. The predicted octanol–water partition coefficient (Wildman–Crippen LogP) is 3.33. The lowest BCUT2D eigenvalue weighted by molar-refractivity contribution is 0.677. The minimum atomic E-state index is -0.158. The molecule has 13 heavy (non-hydrogen) atoms. The SMILES string of the molecule is CC(C)C#CC(C)(C)C#CC(C)C. The van der Waals surface area contributed by atoms with Gasteiger partial charge in [-0.05, 0) is 13.8 Å². The second-order valence-electron chi connectivity index (χ2n) is 4.47. The molecule has 0 aliphatic rings. The van der Waals surface area contributed by atoms with Gasteiger partial charge in [-0.15, -0.1) is 0 Å². The van der Waals surface area contributed by atoms with Crippen molar-refractivity contribution >= 4 is 0 Å². The predicted molar refractivity (Wildman–Crippen MR) is 59.0 cm³/mol. The summed E-state index contributed by atoms with van der Waals surface area (Å²) in [4.78, 5) is 0. The van der Waals surface area contributed by atoms with Gasteiger partial charge in [0.05, 0.1) is 5.41 Å². The van der Waals surface area contributed by atoms with E-state index in [1.807, 2.05) is 0 Å². The third-order valence-electron chi connectivity index (χ3n) is 1.35. The Balaban J connectivity index is 4.46. The molecular weight excluding hydrogens is 156 g/mol. The number of hydrogen-bond acceptors (Lipinski definition) is 0. The minimum Gasteiger partial charge on any atom is -0.0989 e. The molecule has 72 valence electrons. The number of hydrogen-bond donors (Lipinski definition) is 0. The van der Waals surface area contributed by atoms with Gasteiger partial charge in [0.25, 0.3) is 0 Å². The van der Waals surface area contributed by atoms with Crippen molar-refractivity contribution in [1.29, 1.82) is 0 Å². The van der Waals surface area contributed by atoms with E-state index in [0.717, 1.165) is 0 Å². The van der Waals surface area contributed by atoms with E-state index in [4.69, 9.17) is 0 Å². The van der Waals surface area contributed by atoms with Crippen LogP contribution in [0.1, 0.15) is 41.5 Å². The first-order valence-electron chi connectivity index (χ1n) is 4.89. The Morgan fingerprint density at radius 3 is 1.31 bits per heavy atom. The molecule has 0 aromatic rings. The summed E-state index contributed by atoms with van der Waals surface area (Å²) in [6, 6.07) is 0. The summed E-state index contributed by atoms with van der Waals surface area (Å²) < 4.78 is 0. The first kappa shape index (κ1) is 12.1. The van der Waals surface area contributed by atoms with Crippen molar-refractivity contribution in [1.82, 2.24) is 0 Å². The monoisotopic (exact) mass is 176 g/mol. The van der Waals surface area contributed by atoms with Gasteiger partial charge in [0.1, 0.15) is 0 Å². The van der Waals surface area contributed by atoms with E-state index >= 15 is 0 Å². The lowest BCUT2D eigenvalue weighted by atomic mass is 9.94. The van der Waals surface area contributed by atoms with Crippen LogP contribution in [0.2, 0.25) is 0 Å². The summed E-state index contributed by atoms with van der Waals surface area (Å²) in [5.41, 5.74) is -0.158. The van der Waals surface area contributed by atoms with Crippen LogP contribution < -0.4 is 0 Å². The normalized spacial score (nSPS) is 10.5. The van der Waals surface area contributed by atoms with Crippen molar-refractivity contribution in [2.24, 2.45) is 17.3 Å². The van der Waals surface area contributed by atoms with Crippen LogP contribution in [0.5, 0.6) is 0 Å². The zero-order valence-corrected chi connectivity index (χ0v) is 9.65. The Bertz CT molecular complexity index is 230. The summed E-state index contributed by atoms with van der Waals surface area (Å²) in [7, 11) is 0. The van der Waals surface area contributed by atoms with Gasteiger partial charge in [-0.1, -0.05) is 51.4 Å². The average Bonchev–Trinajstić information content (AvgIpc) is 1.98. The molecule has 0 atom stereocenters. The fraction of sp³-hybridized carbons (Fsp3) is 0.692. The third kappa shape index (κ3) is 7.48. The number of rotatable bonds is 0. The van der Waals surface area contributed by atoms with Crippen LogP contribution in [0.25, 0.3) is 0 Å². The summed E-state index contributed by atoms with van der Waals surface area (Å²) >= 11 is 0. The van der Waals surface area contributed by atoms with E-state index in [0.29, 0.717) is 11.8 Å². The topological polar surface area (TPSA) is 0 Å². The van der Waals surface area contributed by atoms with Crippen molar-refractivity contribution in [2.45, 2.75) is 41.5 Å². The molecular formula is C13H20. The maximum Gasteiger partial charge on any atom is 0.0862 e. The molecule has 0 spiro atoms. The molecule has 0 bridgehead atoms. The van der Waals surface area contributed by atoms with Gasteiger partial charge in [0.2, 0.25) is 0 Å². The Labute approximate surface area is 83.1 Å². The van der Waals surface area contributed by atoms with Gasteiger partial charge in [-0.3, -0.25) is 0 Å². The maximum atomic E-state index is 3.19. The smallest absolute Gasteiger partial charge is 0.0862 e. The molecule has 0 saturated heterocycles. The van der Waals surface area contributed by atoms with Crippen LogP contribution in [-0.2, 0) is 0 Å². The lowest BCUT2D eigenvalue weighted by Crippen LogP contribution is -2.05. The molecule has 0 heteroatoms. The summed E-state index contributed by atoms with van der Waals surface area (Å²) in [6.45, 7) is 12.5. The molecule has 0 fully saturated rings. The molecule has 0 radical (unpaired) electrons. The second-order valence-corrected chi connectivity index (χ2v) is 4.47. The molecule has 0 heterocycles. The van der Waals surface area contributed by atoms with Gasteiger partial charge in [0.15, 0.2) is 0 Å². The van der Waals surface area contributed by atoms with Crippen molar-refractivity contribution < 1.29 is 0 Å². The Morgan fingerprint density at radius 1 is 0.769 bits per heavy atom. The van der Waals surface area contributed by atoms with Crippen LogP contribution in [0, 0.1) is 40.9 Å². The molecule has 0 aromatic carbocycles. The molecule has 0 saturated carbocycles. The largest absolute Gasteiger partial charge is 0.0989 e. The minimum absolute atomic E-state index is 0.158. The Kier molecular flexibility index (Phi) is 4.64. The van der Waals surface area contributed by atoms with E-state index in [-0.39, 0.29) is 5.41 Å². The van der Waals surface area contributed by atoms with Gasteiger partial charge >= 0.3 is 0 Å². The fourth-order valence-corrected chi connectivity index (χ4v) is 0.681. The fourth-order valence-electron chi connectivity index (χ4n) is 0.681. The molecule has 0 aromatic heterocycles. The molecule has 0 amide bonds. The van der Waals surface area contributed by atoms with E-state index in [2.05, 4.69) is 65.2 Å². The van der Waals surface area contributed by atoms with Gasteiger partial charge in [0, 0.05) is 11.8 Å². The zero-order valence-electron chi connectivity index (χ0n) is 9.65. The first-order chi connectivity index (χ1) is 5.83. The molecule has 0 nitrogen and oxygen atoms in total. The highest BCUT2D eigenvalue weighted by molar-refractivity contribution is 5.24. The molecule has 0 N–H and O–H groups in total. The van der Waals surface area contributed by atoms with Crippen molar-refractivity contribution in [3.63, 3.8) is 0 Å². The van der Waals surface area contributed by atoms with Crippen LogP contribution in [-0.4, -0.2) is 0 Å². The average molecular weight is 176 g/mol. The van der Waals surface area contributed by atoms with Crippen molar-refractivity contribution in [3.05, 3.63) is 0 Å². The van der Waals surface area contributed by atoms with Crippen LogP contribution >= 0.6 is 0 Å². The zero-order chi connectivity index (χ0) is 10.5. The highest BCUT2D eigenvalue weighted by Gasteiger charge is 2.09. The maximum absolute atomic E-state index is 3.19. The Morgan fingerprint density at radius 2 is 1.08 bits per heavy atom. The summed E-state index contributed by atoms with van der Waals surface area (Å²) in [5, 5.41) is 0. The first-order valence-corrected chi connectivity index (χ1v) is 4.89. The van der Waals surface area contributed by atoms with E-state index in [9.17, 15) is 0 Å². The molecule has 0 rings (SSSR count). The second kappa shape index (κ2) is 4.98. The van der Waals surface area contributed by atoms with Crippen LogP contribution in [0.3, 0.4) is 0 Å². The van der Waals surface area contributed by atoms with Gasteiger partial charge in [-0.25, -0.2) is 0 Å². The highest BCUT2D eigenvalue weighted by atomic mass is 14.1. The van der Waals surface area contributed by atoms with E-state index < -0.39 is 0 Å².